The van der Waals surface area contributed by atoms with Crippen LogP contribution in [0.2, 0.25) is 0 Å². The third kappa shape index (κ3) is 3.84. The van der Waals surface area contributed by atoms with Crippen LogP contribution in [0.4, 0.5) is 4.39 Å². The number of hydrogen-bond donors (Lipinski definition) is 1. The number of alkyl halides is 3. The van der Waals surface area contributed by atoms with E-state index in [0.29, 0.717) is 24.8 Å². The highest BCUT2D eigenvalue weighted by Crippen LogP contribution is 2.48. The zero-order chi connectivity index (χ0) is 11.3. The van der Waals surface area contributed by atoms with E-state index in [9.17, 15) is 8.96 Å². The maximum Gasteiger partial charge on any atom is 0.343 e. The van der Waals surface area contributed by atoms with Crippen molar-refractivity contribution in [2.24, 2.45) is 0 Å². The zero-order valence-electron chi connectivity index (χ0n) is 8.16. The second kappa shape index (κ2) is 6.38. The predicted molar refractivity (Wildman–Crippen MR) is 59.5 cm³/mol. The van der Waals surface area contributed by atoms with Gasteiger partial charge in [-0.25, -0.2) is 14.1 Å². The molecule has 1 unspecified atom stereocenters. The van der Waals surface area contributed by atoms with E-state index in [-0.39, 0.29) is 13.2 Å². The van der Waals surface area contributed by atoms with Gasteiger partial charge in [0.25, 0.3) is 0 Å². The molecule has 1 saturated heterocycles. The maximum atomic E-state index is 12.8. The van der Waals surface area contributed by atoms with E-state index in [1.807, 2.05) is 0 Å². The van der Waals surface area contributed by atoms with Gasteiger partial charge in [0.2, 0.25) is 0 Å². The Hall–Kier alpha value is 0.620. The fourth-order valence-electron chi connectivity index (χ4n) is 1.25. The molecule has 1 rings (SSSR count). The summed E-state index contributed by atoms with van der Waals surface area (Å²) in [5.74, 6) is 0.649. The minimum Gasteiger partial charge on any atom is -0.303 e. The minimum absolute atomic E-state index is 0.0400. The molecule has 15 heavy (non-hydrogen) atoms. The van der Waals surface area contributed by atoms with Crippen molar-refractivity contribution in [1.29, 1.82) is 0 Å². The molecular formula is C7H14Cl2FN2O2P. The van der Waals surface area contributed by atoms with E-state index in [2.05, 4.69) is 5.09 Å². The van der Waals surface area contributed by atoms with Gasteiger partial charge in [0.05, 0.1) is 6.61 Å². The summed E-state index contributed by atoms with van der Waals surface area (Å²) in [6.45, 7) is 0.689. The van der Waals surface area contributed by atoms with Gasteiger partial charge in [0.15, 0.2) is 0 Å². The van der Waals surface area contributed by atoms with Gasteiger partial charge in [-0.15, -0.1) is 23.2 Å². The Morgan fingerprint density at radius 1 is 1.47 bits per heavy atom. The van der Waals surface area contributed by atoms with Crippen molar-refractivity contribution in [3.8, 4) is 0 Å². The van der Waals surface area contributed by atoms with Crippen molar-refractivity contribution in [3.05, 3.63) is 0 Å². The number of nitrogens with zero attached hydrogens (tertiary/aromatic N) is 1. The topological polar surface area (TPSA) is 41.6 Å². The van der Waals surface area contributed by atoms with Gasteiger partial charge in [-0.2, -0.15) is 0 Å². The van der Waals surface area contributed by atoms with Gasteiger partial charge in [0.1, 0.15) is 6.17 Å². The van der Waals surface area contributed by atoms with E-state index in [1.165, 1.54) is 0 Å². The Morgan fingerprint density at radius 2 is 2.07 bits per heavy atom. The Kier molecular flexibility index (Phi) is 5.82. The normalized spacial score (nSPS) is 32.1. The lowest BCUT2D eigenvalue weighted by Crippen LogP contribution is -2.40. The van der Waals surface area contributed by atoms with Gasteiger partial charge < -0.3 is 4.52 Å². The molecule has 2 atom stereocenters. The molecule has 8 heteroatoms. The monoisotopic (exact) mass is 278 g/mol. The first-order chi connectivity index (χ1) is 7.12. The van der Waals surface area contributed by atoms with Crippen LogP contribution >= 0.6 is 30.9 Å². The number of nitrogens with one attached hydrogen (secondary N) is 1. The molecule has 0 bridgehead atoms. The third-order valence-corrected chi connectivity index (χ3v) is 4.56. The van der Waals surface area contributed by atoms with Crippen LogP contribution in [0.3, 0.4) is 0 Å². The van der Waals surface area contributed by atoms with E-state index in [1.54, 1.807) is 4.67 Å². The van der Waals surface area contributed by atoms with Crippen LogP contribution in [0.25, 0.3) is 0 Å². The van der Waals surface area contributed by atoms with Crippen molar-refractivity contribution in [2.75, 3.05) is 38.0 Å². The Labute approximate surface area is 98.6 Å². The molecule has 0 saturated carbocycles. The lowest BCUT2D eigenvalue weighted by atomic mass is 10.4. The fourth-order valence-corrected chi connectivity index (χ4v) is 3.87. The summed E-state index contributed by atoms with van der Waals surface area (Å²) in [6, 6.07) is 0. The summed E-state index contributed by atoms with van der Waals surface area (Å²) in [5.41, 5.74) is 0. The SMILES string of the molecule is O=P1(N(CCCl)CCCl)NC[C@@H](F)CO1. The molecule has 0 aromatic carbocycles. The van der Waals surface area contributed by atoms with E-state index >= 15 is 0 Å². The van der Waals surface area contributed by atoms with Crippen LogP contribution in [0.1, 0.15) is 0 Å². The maximum absolute atomic E-state index is 12.8. The summed E-state index contributed by atoms with van der Waals surface area (Å²) in [5, 5.41) is 2.58. The lowest BCUT2D eigenvalue weighted by molar-refractivity contribution is 0.151. The van der Waals surface area contributed by atoms with Crippen LogP contribution < -0.4 is 5.09 Å². The molecule has 0 radical (unpaired) electrons. The highest BCUT2D eigenvalue weighted by atomic mass is 35.5. The van der Waals surface area contributed by atoms with Gasteiger partial charge in [-0.3, -0.25) is 4.57 Å². The van der Waals surface area contributed by atoms with Crippen LogP contribution in [-0.2, 0) is 9.09 Å². The molecule has 0 aromatic rings. The summed E-state index contributed by atoms with van der Waals surface area (Å²) in [4.78, 5) is 0. The van der Waals surface area contributed by atoms with Gasteiger partial charge in [-0.1, -0.05) is 0 Å². The highest BCUT2D eigenvalue weighted by Gasteiger charge is 2.36. The molecule has 0 aliphatic carbocycles. The molecule has 1 heterocycles. The molecule has 90 valence electrons. The average Bonchev–Trinajstić information content (AvgIpc) is 2.23. The third-order valence-electron chi connectivity index (χ3n) is 2.00. The molecule has 1 fully saturated rings. The summed E-state index contributed by atoms with van der Waals surface area (Å²) < 4.78 is 31.5. The fraction of sp³-hybridized carbons (Fsp3) is 1.00. The van der Waals surface area contributed by atoms with Gasteiger partial charge in [0, 0.05) is 31.4 Å². The first kappa shape index (κ1) is 13.7. The molecule has 1 N–H and O–H groups in total. The molecule has 1 aliphatic heterocycles. The molecule has 0 aromatic heterocycles. The highest BCUT2D eigenvalue weighted by molar-refractivity contribution is 7.54. The largest absolute Gasteiger partial charge is 0.343 e. The van der Waals surface area contributed by atoms with Gasteiger partial charge in [-0.05, 0) is 0 Å². The van der Waals surface area contributed by atoms with Gasteiger partial charge >= 0.3 is 7.67 Å². The summed E-state index contributed by atoms with van der Waals surface area (Å²) >= 11 is 11.2. The minimum atomic E-state index is -3.12. The number of hydrogen-bond acceptors (Lipinski definition) is 2. The summed E-state index contributed by atoms with van der Waals surface area (Å²) in [7, 11) is -3.12. The second-order valence-electron chi connectivity index (χ2n) is 3.11. The first-order valence-electron chi connectivity index (χ1n) is 4.63. The Morgan fingerprint density at radius 3 is 2.47 bits per heavy atom. The van der Waals surface area contributed by atoms with E-state index < -0.39 is 13.8 Å². The van der Waals surface area contributed by atoms with Crippen LogP contribution in [0.15, 0.2) is 0 Å². The molecule has 0 spiro atoms. The second-order valence-corrected chi connectivity index (χ2v) is 6.04. The number of rotatable bonds is 5. The molecular weight excluding hydrogens is 265 g/mol. The van der Waals surface area contributed by atoms with Crippen molar-refractivity contribution in [2.45, 2.75) is 6.17 Å². The molecule has 1 aliphatic rings. The Bertz CT molecular complexity index is 229. The van der Waals surface area contributed by atoms with Crippen molar-refractivity contribution < 1.29 is 13.5 Å². The quantitative estimate of drug-likeness (QED) is 0.616. The first-order valence-corrected chi connectivity index (χ1v) is 7.28. The van der Waals surface area contributed by atoms with Crippen LogP contribution in [-0.4, -0.2) is 48.8 Å². The average molecular weight is 279 g/mol. The lowest BCUT2D eigenvalue weighted by Gasteiger charge is -2.34. The zero-order valence-corrected chi connectivity index (χ0v) is 10.6. The van der Waals surface area contributed by atoms with Crippen molar-refractivity contribution in [1.82, 2.24) is 9.76 Å². The smallest absolute Gasteiger partial charge is 0.303 e. The van der Waals surface area contributed by atoms with Crippen molar-refractivity contribution in [3.63, 3.8) is 0 Å². The Balaban J connectivity index is 2.60. The van der Waals surface area contributed by atoms with Crippen molar-refractivity contribution >= 4 is 30.9 Å². The summed E-state index contributed by atoms with van der Waals surface area (Å²) in [6.07, 6.45) is -1.11. The standard InChI is InChI=1S/C7H14Cl2FN2O2P/c8-1-3-12(4-2-9)15(13)11-5-7(10)6-14-15/h7H,1-6H2,(H,11,13)/t7-,15?/m1/s1. The molecule has 0 amide bonds. The number of halogens is 3. The van der Waals surface area contributed by atoms with Crippen LogP contribution in [0.5, 0.6) is 0 Å². The predicted octanol–water partition coefficient (Wildman–Crippen LogP) is 1.83. The van der Waals surface area contributed by atoms with E-state index in [4.69, 9.17) is 27.7 Å². The molecule has 4 nitrogen and oxygen atoms in total. The van der Waals surface area contributed by atoms with Crippen LogP contribution in [0, 0.1) is 0 Å². The van der Waals surface area contributed by atoms with E-state index in [0.717, 1.165) is 0 Å².